The van der Waals surface area contributed by atoms with Crippen molar-refractivity contribution >= 4 is 35.1 Å². The molecule has 0 N–H and O–H groups in total. The van der Waals surface area contributed by atoms with Gasteiger partial charge in [-0.05, 0) is 66.6 Å². The molecule has 5 aromatic rings. The molecule has 4 aromatic carbocycles. The average Bonchev–Trinajstić information content (AvgIpc) is 3.28. The highest BCUT2D eigenvalue weighted by Gasteiger charge is 2.18. The molecule has 0 aliphatic rings. The van der Waals surface area contributed by atoms with Gasteiger partial charge in [-0.1, -0.05) is 83.9 Å². The lowest BCUT2D eigenvalue weighted by Gasteiger charge is -2.15. The van der Waals surface area contributed by atoms with Crippen LogP contribution in [0.25, 0.3) is 28.2 Å². The number of rotatable bonds is 7. The van der Waals surface area contributed by atoms with E-state index in [1.807, 2.05) is 49.5 Å². The van der Waals surface area contributed by atoms with E-state index in [-0.39, 0.29) is 0 Å². The van der Waals surface area contributed by atoms with Crippen molar-refractivity contribution in [1.82, 2.24) is 4.57 Å². The van der Waals surface area contributed by atoms with Crippen molar-refractivity contribution in [2.45, 2.75) is 6.92 Å². The number of aliphatic imine (C=N–C) groups is 1. The molecule has 0 unspecified atom stereocenters. The van der Waals surface area contributed by atoms with Gasteiger partial charge in [-0.15, -0.1) is 0 Å². The Kier molecular flexibility index (Phi) is 7.22. The van der Waals surface area contributed by atoms with E-state index in [0.29, 0.717) is 22.3 Å². The fourth-order valence-corrected chi connectivity index (χ4v) is 4.74. The number of hydrogen-bond donors (Lipinski definition) is 0. The second-order valence-corrected chi connectivity index (χ2v) is 9.09. The van der Waals surface area contributed by atoms with Crippen molar-refractivity contribution in [3.63, 3.8) is 0 Å². The number of halogens is 2. The zero-order chi connectivity index (χ0) is 24.9. The number of benzene rings is 4. The fourth-order valence-electron chi connectivity index (χ4n) is 4.23. The monoisotopic (exact) mass is 510 g/mol. The molecule has 0 saturated carbocycles. The molecule has 36 heavy (non-hydrogen) atoms. The first-order chi connectivity index (χ1) is 17.6. The molecule has 0 fully saturated rings. The van der Waals surface area contributed by atoms with E-state index >= 15 is 0 Å². The van der Waals surface area contributed by atoms with E-state index in [1.54, 1.807) is 18.2 Å². The maximum absolute atomic E-state index is 6.21. The quantitative estimate of drug-likeness (QED) is 0.200. The first kappa shape index (κ1) is 23.9. The molecule has 0 aliphatic heterocycles. The summed E-state index contributed by atoms with van der Waals surface area (Å²) in [5.74, 6) is 0.843. The van der Waals surface area contributed by atoms with Crippen LogP contribution in [0.2, 0.25) is 10.0 Å². The van der Waals surface area contributed by atoms with Crippen molar-refractivity contribution in [3.8, 4) is 34.0 Å². The molecule has 0 radical (unpaired) electrons. The van der Waals surface area contributed by atoms with Gasteiger partial charge in [0.15, 0.2) is 0 Å². The van der Waals surface area contributed by atoms with Crippen LogP contribution >= 0.6 is 23.2 Å². The molecule has 0 aliphatic carbocycles. The summed E-state index contributed by atoms with van der Waals surface area (Å²) in [5.41, 5.74) is 6.99. The van der Waals surface area contributed by atoms with E-state index in [9.17, 15) is 0 Å². The van der Waals surface area contributed by atoms with Gasteiger partial charge in [-0.2, -0.15) is 0 Å². The van der Waals surface area contributed by atoms with E-state index in [2.05, 4.69) is 59.2 Å². The molecule has 0 spiro atoms. The van der Waals surface area contributed by atoms with Gasteiger partial charge in [-0.3, -0.25) is 4.99 Å². The largest absolute Gasteiger partial charge is 0.494 e. The van der Waals surface area contributed by atoms with Crippen LogP contribution in [0.1, 0.15) is 12.5 Å². The topological polar surface area (TPSA) is 26.5 Å². The number of aromatic nitrogens is 1. The predicted octanol–water partition coefficient (Wildman–Crippen LogP) is 9.27. The standard InChI is InChI=1S/C31H24Cl2N2O/c1-2-36-29-15-13-28(14-16-29)35-30(22-9-5-3-6-10-22)17-24(31(35)23-11-7-4-8-12-23)21-34-27-19-25(32)18-26(33)20-27/h3-21H,2H2,1H3. The van der Waals surface area contributed by atoms with Gasteiger partial charge < -0.3 is 9.30 Å². The van der Waals surface area contributed by atoms with E-state index in [0.717, 1.165) is 39.5 Å². The Balaban J connectivity index is 1.74. The summed E-state index contributed by atoms with van der Waals surface area (Å²) in [5, 5.41) is 1.10. The summed E-state index contributed by atoms with van der Waals surface area (Å²) in [6, 6.07) is 36.4. The van der Waals surface area contributed by atoms with Gasteiger partial charge in [0.25, 0.3) is 0 Å². The van der Waals surface area contributed by atoms with Crippen LogP contribution < -0.4 is 4.74 Å². The Morgan fingerprint density at radius 1 is 0.750 bits per heavy atom. The zero-order valence-corrected chi connectivity index (χ0v) is 21.2. The van der Waals surface area contributed by atoms with Gasteiger partial charge in [0, 0.05) is 27.5 Å². The Morgan fingerprint density at radius 3 is 1.97 bits per heavy atom. The molecule has 1 heterocycles. The summed E-state index contributed by atoms with van der Waals surface area (Å²) in [7, 11) is 0. The Labute approximate surface area is 221 Å². The van der Waals surface area contributed by atoms with Gasteiger partial charge >= 0.3 is 0 Å². The highest BCUT2D eigenvalue weighted by molar-refractivity contribution is 6.35. The molecule has 0 saturated heterocycles. The molecule has 178 valence electrons. The van der Waals surface area contributed by atoms with Gasteiger partial charge in [-0.25, -0.2) is 0 Å². The highest BCUT2D eigenvalue weighted by atomic mass is 35.5. The van der Waals surface area contributed by atoms with Crippen molar-refractivity contribution in [2.24, 2.45) is 4.99 Å². The van der Waals surface area contributed by atoms with Crippen LogP contribution in [-0.4, -0.2) is 17.4 Å². The average molecular weight is 511 g/mol. The van der Waals surface area contributed by atoms with E-state index < -0.39 is 0 Å². The molecule has 0 bridgehead atoms. The molecular formula is C31H24Cl2N2O. The summed E-state index contributed by atoms with van der Waals surface area (Å²) in [6.45, 7) is 2.61. The number of nitrogens with zero attached hydrogens (tertiary/aromatic N) is 2. The lowest BCUT2D eigenvalue weighted by atomic mass is 10.1. The van der Waals surface area contributed by atoms with Crippen molar-refractivity contribution < 1.29 is 4.74 Å². The minimum Gasteiger partial charge on any atom is -0.494 e. The molecular weight excluding hydrogens is 487 g/mol. The van der Waals surface area contributed by atoms with E-state index in [1.165, 1.54) is 0 Å². The maximum Gasteiger partial charge on any atom is 0.119 e. The first-order valence-corrected chi connectivity index (χ1v) is 12.5. The number of hydrogen-bond acceptors (Lipinski definition) is 2. The van der Waals surface area contributed by atoms with Crippen molar-refractivity contribution in [3.05, 3.63) is 125 Å². The first-order valence-electron chi connectivity index (χ1n) is 11.7. The third-order valence-corrected chi connectivity index (χ3v) is 6.19. The Morgan fingerprint density at radius 2 is 1.36 bits per heavy atom. The van der Waals surface area contributed by atoms with Crippen molar-refractivity contribution in [2.75, 3.05) is 6.61 Å². The molecule has 5 rings (SSSR count). The third-order valence-electron chi connectivity index (χ3n) is 5.75. The minimum absolute atomic E-state index is 0.551. The predicted molar refractivity (Wildman–Crippen MR) is 152 cm³/mol. The highest BCUT2D eigenvalue weighted by Crippen LogP contribution is 2.36. The smallest absolute Gasteiger partial charge is 0.119 e. The Hall–Kier alpha value is -3.79. The Bertz CT molecular complexity index is 1470. The van der Waals surface area contributed by atoms with Crippen LogP contribution in [0.4, 0.5) is 5.69 Å². The van der Waals surface area contributed by atoms with Crippen LogP contribution in [0.15, 0.2) is 114 Å². The van der Waals surface area contributed by atoms with Crippen LogP contribution in [0.5, 0.6) is 5.75 Å². The molecule has 3 nitrogen and oxygen atoms in total. The SMILES string of the molecule is CCOc1ccc(-n2c(-c3ccccc3)cc(C=Nc3cc(Cl)cc(Cl)c3)c2-c2ccccc2)cc1. The fraction of sp³-hybridized carbons (Fsp3) is 0.0645. The van der Waals surface area contributed by atoms with Gasteiger partial charge in [0.05, 0.1) is 23.7 Å². The molecule has 0 amide bonds. The number of ether oxygens (including phenoxy) is 1. The molecule has 0 atom stereocenters. The van der Waals surface area contributed by atoms with Crippen LogP contribution in [-0.2, 0) is 0 Å². The summed E-state index contributed by atoms with van der Waals surface area (Å²) >= 11 is 12.4. The summed E-state index contributed by atoms with van der Waals surface area (Å²) in [4.78, 5) is 4.74. The lowest BCUT2D eigenvalue weighted by Crippen LogP contribution is -2.01. The summed E-state index contributed by atoms with van der Waals surface area (Å²) < 4.78 is 7.96. The lowest BCUT2D eigenvalue weighted by molar-refractivity contribution is 0.340. The molecule has 5 heteroatoms. The minimum atomic E-state index is 0.551. The second kappa shape index (κ2) is 10.9. The maximum atomic E-state index is 6.21. The summed E-state index contributed by atoms with van der Waals surface area (Å²) in [6.07, 6.45) is 1.88. The zero-order valence-electron chi connectivity index (χ0n) is 19.7. The van der Waals surface area contributed by atoms with Gasteiger partial charge in [0.2, 0.25) is 0 Å². The second-order valence-electron chi connectivity index (χ2n) is 8.21. The van der Waals surface area contributed by atoms with Gasteiger partial charge in [0.1, 0.15) is 5.75 Å². The van der Waals surface area contributed by atoms with Crippen molar-refractivity contribution in [1.29, 1.82) is 0 Å². The normalized spacial score (nSPS) is 11.2. The van der Waals surface area contributed by atoms with Crippen LogP contribution in [0.3, 0.4) is 0 Å². The van der Waals surface area contributed by atoms with E-state index in [4.69, 9.17) is 32.9 Å². The third kappa shape index (κ3) is 5.23. The van der Waals surface area contributed by atoms with Crippen LogP contribution in [0, 0.1) is 0 Å². The molecule has 1 aromatic heterocycles.